The molecule has 6 heteroatoms. The van der Waals surface area contributed by atoms with Crippen LogP contribution in [0, 0.1) is 0 Å². The molecule has 2 rings (SSSR count). The first kappa shape index (κ1) is 14.0. The summed E-state index contributed by atoms with van der Waals surface area (Å²) in [6, 6.07) is 1.69. The van der Waals surface area contributed by atoms with Crippen LogP contribution in [0.15, 0.2) is 11.4 Å². The molecule has 19 heavy (non-hydrogen) atoms. The van der Waals surface area contributed by atoms with E-state index in [0.29, 0.717) is 10.4 Å². The highest BCUT2D eigenvalue weighted by atomic mass is 32.2. The lowest BCUT2D eigenvalue weighted by molar-refractivity contribution is 0.00750. The van der Waals surface area contributed by atoms with Crippen LogP contribution in [0.5, 0.6) is 0 Å². The van der Waals surface area contributed by atoms with E-state index in [2.05, 4.69) is 0 Å². The largest absolute Gasteiger partial charge is 0.465 e. The van der Waals surface area contributed by atoms with Gasteiger partial charge < -0.3 is 9.47 Å². The highest BCUT2D eigenvalue weighted by molar-refractivity contribution is 7.38. The Hall–Kier alpha value is -1.40. The van der Waals surface area contributed by atoms with E-state index in [4.69, 9.17) is 9.47 Å². The van der Waals surface area contributed by atoms with Gasteiger partial charge in [-0.3, -0.25) is 0 Å². The monoisotopic (exact) mass is 298 g/mol. The van der Waals surface area contributed by atoms with Gasteiger partial charge in [0.2, 0.25) is 0 Å². The second kappa shape index (κ2) is 4.94. The highest BCUT2D eigenvalue weighted by Gasteiger charge is 2.22. The van der Waals surface area contributed by atoms with Crippen molar-refractivity contribution < 1.29 is 19.1 Å². The van der Waals surface area contributed by atoms with E-state index < -0.39 is 5.60 Å². The summed E-state index contributed by atoms with van der Waals surface area (Å²) in [7, 11) is 1.34. The van der Waals surface area contributed by atoms with Crippen LogP contribution in [0.25, 0.3) is 9.40 Å². The van der Waals surface area contributed by atoms with E-state index in [9.17, 15) is 9.59 Å². The Morgan fingerprint density at radius 2 is 1.89 bits per heavy atom. The van der Waals surface area contributed by atoms with Crippen LogP contribution in [0.2, 0.25) is 0 Å². The molecule has 0 aromatic carbocycles. The number of carbonyl (C=O) groups excluding carboxylic acids is 2. The molecule has 0 bridgehead atoms. The van der Waals surface area contributed by atoms with E-state index in [1.807, 2.05) is 20.8 Å². The Balaban J connectivity index is 2.35. The number of ether oxygens (including phenoxy) is 2. The molecule has 0 fully saturated rings. The molecule has 0 atom stereocenters. The van der Waals surface area contributed by atoms with Gasteiger partial charge >= 0.3 is 11.9 Å². The number of rotatable bonds is 2. The molecule has 0 aliphatic carbocycles. The third-order valence-corrected chi connectivity index (χ3v) is 4.51. The Kier molecular flexibility index (Phi) is 3.64. The van der Waals surface area contributed by atoms with E-state index in [0.717, 1.165) is 9.40 Å². The quantitative estimate of drug-likeness (QED) is 0.793. The summed E-state index contributed by atoms with van der Waals surface area (Å²) in [5.41, 5.74) is -0.0341. The minimum atomic E-state index is -0.528. The van der Waals surface area contributed by atoms with E-state index in [1.165, 1.54) is 29.8 Å². The van der Waals surface area contributed by atoms with Crippen molar-refractivity contribution in [2.24, 2.45) is 0 Å². The molecule has 0 N–H and O–H groups in total. The zero-order chi connectivity index (χ0) is 14.2. The standard InChI is InChI=1S/C13H14O4S2/c1-13(2,3)17-11(15)9-5-7-8(10(14)16-4)6-18-12(7)19-9/h5-6H,1-4H3. The molecule has 2 aromatic rings. The second-order valence-corrected chi connectivity index (χ2v) is 7.14. The first-order valence-corrected chi connectivity index (χ1v) is 7.34. The smallest absolute Gasteiger partial charge is 0.348 e. The van der Waals surface area contributed by atoms with Crippen molar-refractivity contribution in [1.29, 1.82) is 0 Å². The first-order chi connectivity index (χ1) is 8.81. The van der Waals surface area contributed by atoms with Gasteiger partial charge in [-0.05, 0) is 26.8 Å². The summed E-state index contributed by atoms with van der Waals surface area (Å²) >= 11 is 2.75. The first-order valence-electron chi connectivity index (χ1n) is 5.64. The number of hydrogen-bond donors (Lipinski definition) is 0. The van der Waals surface area contributed by atoms with Crippen LogP contribution in [-0.2, 0) is 9.47 Å². The molecule has 0 aliphatic heterocycles. The van der Waals surface area contributed by atoms with Crippen LogP contribution in [0.3, 0.4) is 0 Å². The van der Waals surface area contributed by atoms with Crippen molar-refractivity contribution in [3.05, 3.63) is 21.9 Å². The van der Waals surface area contributed by atoms with Gasteiger partial charge in [0, 0.05) is 10.8 Å². The van der Waals surface area contributed by atoms with Gasteiger partial charge in [-0.25, -0.2) is 9.59 Å². The van der Waals surface area contributed by atoms with Crippen LogP contribution in [0.1, 0.15) is 40.8 Å². The normalized spacial score (nSPS) is 11.6. The summed E-state index contributed by atoms with van der Waals surface area (Å²) in [4.78, 5) is 24.0. The van der Waals surface area contributed by atoms with Gasteiger partial charge in [-0.15, -0.1) is 22.7 Å². The van der Waals surface area contributed by atoms with Crippen LogP contribution in [0.4, 0.5) is 0 Å². The summed E-state index contributed by atoms with van der Waals surface area (Å²) in [6.45, 7) is 5.46. The molecule has 4 nitrogen and oxygen atoms in total. The lowest BCUT2D eigenvalue weighted by Crippen LogP contribution is -2.23. The van der Waals surface area contributed by atoms with Crippen molar-refractivity contribution in [3.8, 4) is 0 Å². The van der Waals surface area contributed by atoms with Crippen molar-refractivity contribution >= 4 is 44.0 Å². The molecule has 0 unspecified atom stereocenters. The third kappa shape index (κ3) is 2.96. The van der Waals surface area contributed by atoms with Gasteiger partial charge in [0.05, 0.1) is 16.7 Å². The van der Waals surface area contributed by atoms with Crippen molar-refractivity contribution in [2.45, 2.75) is 26.4 Å². The van der Waals surface area contributed by atoms with Crippen molar-refractivity contribution in [3.63, 3.8) is 0 Å². The average molecular weight is 298 g/mol. The van der Waals surface area contributed by atoms with E-state index in [-0.39, 0.29) is 11.9 Å². The minimum absolute atomic E-state index is 0.364. The molecule has 0 amide bonds. The van der Waals surface area contributed by atoms with Gasteiger partial charge in [0.25, 0.3) is 0 Å². The molecule has 0 saturated heterocycles. The molecule has 2 heterocycles. The van der Waals surface area contributed by atoms with Gasteiger partial charge in [0.1, 0.15) is 10.5 Å². The molecular formula is C13H14O4S2. The summed E-state index contributed by atoms with van der Waals surface area (Å²) in [5, 5.41) is 2.49. The SMILES string of the molecule is COC(=O)c1csc2sc(C(=O)OC(C)(C)C)cc12. The molecule has 0 saturated carbocycles. The summed E-state index contributed by atoms with van der Waals surface area (Å²) in [6.07, 6.45) is 0. The molecule has 0 aliphatic rings. The lowest BCUT2D eigenvalue weighted by atomic mass is 10.2. The zero-order valence-corrected chi connectivity index (χ0v) is 12.7. The lowest BCUT2D eigenvalue weighted by Gasteiger charge is -2.18. The Labute approximate surface area is 118 Å². The van der Waals surface area contributed by atoms with Crippen LogP contribution >= 0.6 is 22.7 Å². The molecule has 102 valence electrons. The summed E-state index contributed by atoms with van der Waals surface area (Å²) in [5.74, 6) is -0.753. The molecule has 2 aromatic heterocycles. The zero-order valence-electron chi connectivity index (χ0n) is 11.1. The predicted molar refractivity (Wildman–Crippen MR) is 76.2 cm³/mol. The second-order valence-electron chi connectivity index (χ2n) is 4.95. The van der Waals surface area contributed by atoms with Gasteiger partial charge in [-0.2, -0.15) is 0 Å². The van der Waals surface area contributed by atoms with E-state index >= 15 is 0 Å². The molecular weight excluding hydrogens is 284 g/mol. The number of methoxy groups -OCH3 is 1. The predicted octanol–water partition coefficient (Wildman–Crippen LogP) is 3.70. The fourth-order valence-electron chi connectivity index (χ4n) is 1.52. The van der Waals surface area contributed by atoms with Crippen molar-refractivity contribution in [2.75, 3.05) is 7.11 Å². The summed E-state index contributed by atoms with van der Waals surface area (Å²) < 4.78 is 10.9. The minimum Gasteiger partial charge on any atom is -0.465 e. The van der Waals surface area contributed by atoms with Crippen LogP contribution < -0.4 is 0 Å². The number of hydrogen-bond acceptors (Lipinski definition) is 6. The van der Waals surface area contributed by atoms with Gasteiger partial charge in [0.15, 0.2) is 0 Å². The topological polar surface area (TPSA) is 52.6 Å². The maximum Gasteiger partial charge on any atom is 0.348 e. The maximum atomic E-state index is 12.0. The number of thiophene rings is 2. The highest BCUT2D eigenvalue weighted by Crippen LogP contribution is 2.35. The molecule has 0 spiro atoms. The number of fused-ring (bicyclic) bond motifs is 1. The Bertz CT molecular complexity index is 631. The third-order valence-electron chi connectivity index (χ3n) is 2.28. The van der Waals surface area contributed by atoms with Crippen LogP contribution in [-0.4, -0.2) is 24.6 Å². The maximum absolute atomic E-state index is 12.0. The fourth-order valence-corrected chi connectivity index (χ4v) is 3.65. The number of esters is 2. The van der Waals surface area contributed by atoms with Gasteiger partial charge in [-0.1, -0.05) is 0 Å². The number of carbonyl (C=O) groups is 2. The van der Waals surface area contributed by atoms with E-state index in [1.54, 1.807) is 11.4 Å². The fraction of sp³-hybridized carbons (Fsp3) is 0.385. The molecule has 0 radical (unpaired) electrons. The average Bonchev–Trinajstić information content (AvgIpc) is 2.84. The van der Waals surface area contributed by atoms with Crippen molar-refractivity contribution in [1.82, 2.24) is 0 Å². The Morgan fingerprint density at radius 1 is 1.21 bits per heavy atom. The Morgan fingerprint density at radius 3 is 2.47 bits per heavy atom.